The lowest BCUT2D eigenvalue weighted by atomic mass is 10.1. The van der Waals surface area contributed by atoms with Crippen LogP contribution < -0.4 is 4.74 Å². The molecule has 0 aromatic heterocycles. The highest BCUT2D eigenvalue weighted by Crippen LogP contribution is 2.14. The second kappa shape index (κ2) is 6.19. The SMILES string of the molecule is COc1cccc(CC/C=C(/F)CO)c1. The summed E-state index contributed by atoms with van der Waals surface area (Å²) in [6.07, 6.45) is 2.73. The Kier molecular flexibility index (Phi) is 4.84. The molecule has 0 atom stereocenters. The lowest BCUT2D eigenvalue weighted by Crippen LogP contribution is -1.88. The molecule has 15 heavy (non-hydrogen) atoms. The van der Waals surface area contributed by atoms with E-state index in [2.05, 4.69) is 0 Å². The Labute approximate surface area is 89.0 Å². The number of aliphatic hydroxyl groups excluding tert-OH is 1. The molecule has 1 rings (SSSR count). The molecule has 1 N–H and O–H groups in total. The van der Waals surface area contributed by atoms with Crippen molar-refractivity contribution in [2.45, 2.75) is 12.8 Å². The Morgan fingerprint density at radius 1 is 1.53 bits per heavy atom. The largest absolute Gasteiger partial charge is 0.497 e. The van der Waals surface area contributed by atoms with E-state index >= 15 is 0 Å². The predicted molar refractivity (Wildman–Crippen MR) is 57.6 cm³/mol. The van der Waals surface area contributed by atoms with Gasteiger partial charge in [-0.2, -0.15) is 0 Å². The number of methoxy groups -OCH3 is 1. The molecule has 0 saturated heterocycles. The average Bonchev–Trinajstić information content (AvgIpc) is 2.29. The first-order valence-corrected chi connectivity index (χ1v) is 4.84. The monoisotopic (exact) mass is 210 g/mol. The second-order valence-electron chi connectivity index (χ2n) is 3.20. The van der Waals surface area contributed by atoms with E-state index in [-0.39, 0.29) is 0 Å². The van der Waals surface area contributed by atoms with E-state index in [1.54, 1.807) is 7.11 Å². The number of aryl methyl sites for hydroxylation is 1. The zero-order valence-electron chi connectivity index (χ0n) is 8.74. The van der Waals surface area contributed by atoms with Gasteiger partial charge < -0.3 is 9.84 Å². The highest BCUT2D eigenvalue weighted by molar-refractivity contribution is 5.28. The summed E-state index contributed by atoms with van der Waals surface area (Å²) in [6, 6.07) is 7.66. The summed E-state index contributed by atoms with van der Waals surface area (Å²) < 4.78 is 17.6. The summed E-state index contributed by atoms with van der Waals surface area (Å²) in [6.45, 7) is -0.516. The van der Waals surface area contributed by atoms with Crippen LogP contribution in [0.1, 0.15) is 12.0 Å². The van der Waals surface area contributed by atoms with E-state index < -0.39 is 12.4 Å². The van der Waals surface area contributed by atoms with Gasteiger partial charge in [-0.25, -0.2) is 4.39 Å². The molecule has 0 unspecified atom stereocenters. The van der Waals surface area contributed by atoms with Gasteiger partial charge in [-0.15, -0.1) is 0 Å². The Morgan fingerprint density at radius 3 is 3.00 bits per heavy atom. The zero-order chi connectivity index (χ0) is 11.1. The maximum Gasteiger partial charge on any atom is 0.121 e. The van der Waals surface area contributed by atoms with Crippen LogP contribution in [0.4, 0.5) is 4.39 Å². The van der Waals surface area contributed by atoms with E-state index in [0.29, 0.717) is 6.42 Å². The van der Waals surface area contributed by atoms with Gasteiger partial charge >= 0.3 is 0 Å². The molecule has 1 aromatic carbocycles. The molecule has 0 aliphatic carbocycles. The minimum Gasteiger partial charge on any atom is -0.497 e. The first kappa shape index (κ1) is 11.7. The Morgan fingerprint density at radius 2 is 2.33 bits per heavy atom. The molecule has 82 valence electrons. The number of allylic oxidation sites excluding steroid dienone is 1. The van der Waals surface area contributed by atoms with Crippen molar-refractivity contribution in [1.82, 2.24) is 0 Å². The highest BCUT2D eigenvalue weighted by atomic mass is 19.1. The summed E-state index contributed by atoms with van der Waals surface area (Å²) in [7, 11) is 1.62. The fraction of sp³-hybridized carbons (Fsp3) is 0.333. The van der Waals surface area contributed by atoms with E-state index in [1.807, 2.05) is 24.3 Å². The fourth-order valence-electron chi connectivity index (χ4n) is 1.29. The lowest BCUT2D eigenvalue weighted by molar-refractivity contribution is 0.297. The quantitative estimate of drug-likeness (QED) is 0.809. The third-order valence-corrected chi connectivity index (χ3v) is 2.08. The Balaban J connectivity index is 2.50. The van der Waals surface area contributed by atoms with Crippen LogP contribution in [0.5, 0.6) is 5.75 Å². The molecule has 1 aromatic rings. The summed E-state index contributed by atoms with van der Waals surface area (Å²) in [5.74, 6) is 0.331. The van der Waals surface area contributed by atoms with Crippen molar-refractivity contribution in [3.63, 3.8) is 0 Å². The highest BCUT2D eigenvalue weighted by Gasteiger charge is 1.96. The zero-order valence-corrected chi connectivity index (χ0v) is 8.74. The van der Waals surface area contributed by atoms with Crippen molar-refractivity contribution in [1.29, 1.82) is 0 Å². The predicted octanol–water partition coefficient (Wildman–Crippen LogP) is 2.47. The number of benzene rings is 1. The number of hydrogen-bond acceptors (Lipinski definition) is 2. The van der Waals surface area contributed by atoms with E-state index in [0.717, 1.165) is 17.7 Å². The van der Waals surface area contributed by atoms with Crippen LogP contribution in [0.3, 0.4) is 0 Å². The molecule has 0 bridgehead atoms. The summed E-state index contributed by atoms with van der Waals surface area (Å²) >= 11 is 0. The number of halogens is 1. The van der Waals surface area contributed by atoms with Crippen molar-refractivity contribution >= 4 is 0 Å². The minimum atomic E-state index is -0.516. The van der Waals surface area contributed by atoms with Crippen LogP contribution in [-0.4, -0.2) is 18.8 Å². The van der Waals surface area contributed by atoms with Gasteiger partial charge in [-0.3, -0.25) is 0 Å². The van der Waals surface area contributed by atoms with Gasteiger partial charge in [-0.05, 0) is 30.5 Å². The van der Waals surface area contributed by atoms with Gasteiger partial charge in [0.15, 0.2) is 0 Å². The van der Waals surface area contributed by atoms with E-state index in [1.165, 1.54) is 6.08 Å². The van der Waals surface area contributed by atoms with Gasteiger partial charge in [0.05, 0.1) is 13.7 Å². The van der Waals surface area contributed by atoms with Gasteiger partial charge in [-0.1, -0.05) is 18.2 Å². The summed E-state index contributed by atoms with van der Waals surface area (Å²) in [4.78, 5) is 0. The van der Waals surface area contributed by atoms with Crippen LogP contribution in [-0.2, 0) is 6.42 Å². The Bertz CT molecular complexity index is 334. The molecule has 3 heteroatoms. The van der Waals surface area contributed by atoms with Gasteiger partial charge in [0, 0.05) is 0 Å². The Hall–Kier alpha value is -1.35. The van der Waals surface area contributed by atoms with Crippen LogP contribution in [0.25, 0.3) is 0 Å². The smallest absolute Gasteiger partial charge is 0.121 e. The molecule has 0 amide bonds. The van der Waals surface area contributed by atoms with E-state index in [4.69, 9.17) is 9.84 Å². The maximum absolute atomic E-state index is 12.6. The lowest BCUT2D eigenvalue weighted by Gasteiger charge is -2.02. The van der Waals surface area contributed by atoms with Crippen molar-refractivity contribution in [3.05, 3.63) is 41.7 Å². The van der Waals surface area contributed by atoms with Crippen molar-refractivity contribution in [2.24, 2.45) is 0 Å². The third-order valence-electron chi connectivity index (χ3n) is 2.08. The van der Waals surface area contributed by atoms with Gasteiger partial charge in [0.2, 0.25) is 0 Å². The van der Waals surface area contributed by atoms with Gasteiger partial charge in [0.25, 0.3) is 0 Å². The van der Waals surface area contributed by atoms with Crippen molar-refractivity contribution in [3.8, 4) is 5.75 Å². The molecule has 0 spiro atoms. The maximum atomic E-state index is 12.6. The topological polar surface area (TPSA) is 29.5 Å². The normalized spacial score (nSPS) is 11.5. The van der Waals surface area contributed by atoms with Crippen LogP contribution in [0.2, 0.25) is 0 Å². The number of aliphatic hydroxyl groups is 1. The molecule has 0 aliphatic rings. The van der Waals surface area contributed by atoms with Crippen molar-refractivity contribution < 1.29 is 14.2 Å². The van der Waals surface area contributed by atoms with Crippen LogP contribution >= 0.6 is 0 Å². The van der Waals surface area contributed by atoms with Gasteiger partial charge in [0.1, 0.15) is 11.6 Å². The molecule has 0 fully saturated rings. The molecule has 0 aliphatic heterocycles. The second-order valence-corrected chi connectivity index (χ2v) is 3.20. The standard InChI is InChI=1S/C12H15FO2/c1-15-12-7-3-5-10(8-12)4-2-6-11(13)9-14/h3,5-8,14H,2,4,9H2,1H3/b11-6+. The molecule has 0 saturated carbocycles. The molecule has 0 radical (unpaired) electrons. The number of rotatable bonds is 5. The van der Waals surface area contributed by atoms with Crippen molar-refractivity contribution in [2.75, 3.05) is 13.7 Å². The molecular formula is C12H15FO2. The van der Waals surface area contributed by atoms with E-state index in [9.17, 15) is 4.39 Å². The summed E-state index contributed by atoms with van der Waals surface area (Å²) in [5.41, 5.74) is 1.09. The summed E-state index contributed by atoms with van der Waals surface area (Å²) in [5, 5.41) is 8.45. The molecular weight excluding hydrogens is 195 g/mol. The fourth-order valence-corrected chi connectivity index (χ4v) is 1.29. The first-order valence-electron chi connectivity index (χ1n) is 4.84. The number of ether oxygens (including phenoxy) is 1. The molecule has 0 heterocycles. The molecule has 2 nitrogen and oxygen atoms in total. The number of hydrogen-bond donors (Lipinski definition) is 1. The first-order chi connectivity index (χ1) is 7.26. The third kappa shape index (κ3) is 4.13. The van der Waals surface area contributed by atoms with Crippen LogP contribution in [0, 0.1) is 0 Å². The van der Waals surface area contributed by atoms with Crippen LogP contribution in [0.15, 0.2) is 36.2 Å². The minimum absolute atomic E-state index is 0.474. The average molecular weight is 210 g/mol.